The highest BCUT2D eigenvalue weighted by molar-refractivity contribution is 5.96. The van der Waals surface area contributed by atoms with Crippen LogP contribution in [0.2, 0.25) is 0 Å². The third kappa shape index (κ3) is 4.83. The van der Waals surface area contributed by atoms with Gasteiger partial charge in [-0.2, -0.15) is 0 Å². The molecule has 4 aliphatic rings. The molecular weight excluding hydrogens is 384 g/mol. The zero-order valence-corrected chi connectivity index (χ0v) is 17.2. The van der Waals surface area contributed by atoms with Gasteiger partial charge in [0.1, 0.15) is 5.75 Å². The third-order valence-electron chi connectivity index (χ3n) is 6.52. The number of esters is 1. The van der Waals surface area contributed by atoms with Gasteiger partial charge in [0.15, 0.2) is 6.61 Å². The molecule has 7 nitrogen and oxygen atoms in total. The van der Waals surface area contributed by atoms with E-state index in [9.17, 15) is 14.4 Å². The van der Waals surface area contributed by atoms with Gasteiger partial charge in [0, 0.05) is 11.6 Å². The van der Waals surface area contributed by atoms with Crippen molar-refractivity contribution in [1.82, 2.24) is 10.6 Å². The van der Waals surface area contributed by atoms with Gasteiger partial charge in [-0.05, 0) is 80.1 Å². The third-order valence-corrected chi connectivity index (χ3v) is 6.52. The van der Waals surface area contributed by atoms with Crippen molar-refractivity contribution in [3.05, 3.63) is 35.9 Å². The Hall–Kier alpha value is -2.83. The van der Waals surface area contributed by atoms with Gasteiger partial charge in [0.2, 0.25) is 0 Å². The van der Waals surface area contributed by atoms with Gasteiger partial charge in [-0.3, -0.25) is 10.1 Å². The molecular formula is C23H28N2O5. The number of urea groups is 1. The van der Waals surface area contributed by atoms with Crippen molar-refractivity contribution in [3.8, 4) is 5.75 Å². The Morgan fingerprint density at radius 2 is 1.77 bits per heavy atom. The maximum atomic E-state index is 12.3. The van der Waals surface area contributed by atoms with E-state index in [0.717, 1.165) is 24.8 Å². The van der Waals surface area contributed by atoms with Crippen LogP contribution in [0.25, 0.3) is 6.08 Å². The summed E-state index contributed by atoms with van der Waals surface area (Å²) in [5.74, 6) is 1.48. The van der Waals surface area contributed by atoms with E-state index in [0.29, 0.717) is 23.5 Å². The molecule has 4 fully saturated rings. The fourth-order valence-corrected chi connectivity index (χ4v) is 5.79. The van der Waals surface area contributed by atoms with Gasteiger partial charge < -0.3 is 14.8 Å². The highest BCUT2D eigenvalue weighted by Crippen LogP contribution is 2.55. The highest BCUT2D eigenvalue weighted by atomic mass is 16.5. The minimum atomic E-state index is -0.658. The Kier molecular flexibility index (Phi) is 5.79. The largest absolute Gasteiger partial charge is 0.497 e. The maximum Gasteiger partial charge on any atom is 0.331 e. The van der Waals surface area contributed by atoms with Crippen molar-refractivity contribution in [2.24, 2.45) is 17.8 Å². The molecule has 3 amide bonds. The van der Waals surface area contributed by atoms with Gasteiger partial charge in [0.25, 0.3) is 5.91 Å². The molecule has 0 heterocycles. The van der Waals surface area contributed by atoms with Crippen LogP contribution in [0.1, 0.15) is 44.1 Å². The van der Waals surface area contributed by atoms with Crippen LogP contribution in [-0.4, -0.2) is 37.2 Å². The lowest BCUT2D eigenvalue weighted by Crippen LogP contribution is -2.62. The number of ether oxygens (including phenoxy) is 2. The van der Waals surface area contributed by atoms with Crippen molar-refractivity contribution in [3.63, 3.8) is 0 Å². The van der Waals surface area contributed by atoms with Gasteiger partial charge in [-0.25, -0.2) is 9.59 Å². The van der Waals surface area contributed by atoms with E-state index in [2.05, 4.69) is 10.6 Å². The summed E-state index contributed by atoms with van der Waals surface area (Å²) in [7, 11) is 1.56. The van der Waals surface area contributed by atoms with Crippen molar-refractivity contribution in [2.75, 3.05) is 13.7 Å². The van der Waals surface area contributed by atoms with Crippen molar-refractivity contribution < 1.29 is 23.9 Å². The van der Waals surface area contributed by atoms with E-state index in [4.69, 9.17) is 9.47 Å². The number of rotatable bonds is 6. The molecule has 2 N–H and O–H groups in total. The number of carbonyl (C=O) groups excluding carboxylic acids is 3. The first-order chi connectivity index (χ1) is 14.4. The highest BCUT2D eigenvalue weighted by Gasteiger charge is 2.51. The van der Waals surface area contributed by atoms with E-state index in [1.807, 2.05) is 6.07 Å². The number of carbonyl (C=O) groups is 3. The predicted octanol–water partition coefficient (Wildman–Crippen LogP) is 3.05. The monoisotopic (exact) mass is 412 g/mol. The molecule has 0 aromatic heterocycles. The second-order valence-electron chi connectivity index (χ2n) is 8.92. The first-order valence-electron chi connectivity index (χ1n) is 10.5. The Balaban J connectivity index is 1.21. The molecule has 0 radical (unpaired) electrons. The number of hydrogen-bond acceptors (Lipinski definition) is 5. The smallest absolute Gasteiger partial charge is 0.331 e. The summed E-state index contributed by atoms with van der Waals surface area (Å²) < 4.78 is 10.1. The van der Waals surface area contributed by atoms with Crippen molar-refractivity contribution in [1.29, 1.82) is 0 Å². The van der Waals surface area contributed by atoms with E-state index in [-0.39, 0.29) is 5.54 Å². The Morgan fingerprint density at radius 3 is 2.40 bits per heavy atom. The molecule has 160 valence electrons. The van der Waals surface area contributed by atoms with Crippen molar-refractivity contribution >= 4 is 24.0 Å². The molecule has 4 saturated carbocycles. The average molecular weight is 412 g/mol. The van der Waals surface area contributed by atoms with Crippen LogP contribution >= 0.6 is 0 Å². The molecule has 0 saturated heterocycles. The number of nitrogens with one attached hydrogen (secondary N) is 2. The van der Waals surface area contributed by atoms with Crippen LogP contribution in [0.15, 0.2) is 30.3 Å². The fourth-order valence-electron chi connectivity index (χ4n) is 5.79. The number of hydrogen-bond donors (Lipinski definition) is 2. The van der Waals surface area contributed by atoms with Gasteiger partial charge in [0.05, 0.1) is 7.11 Å². The fraction of sp³-hybridized carbons (Fsp3) is 0.522. The molecule has 0 spiro atoms. The van der Waals surface area contributed by atoms with Gasteiger partial charge in [-0.15, -0.1) is 0 Å². The zero-order chi connectivity index (χ0) is 21.1. The lowest BCUT2D eigenvalue weighted by molar-refractivity contribution is -0.143. The Bertz CT molecular complexity index is 828. The van der Waals surface area contributed by atoms with Crippen LogP contribution in [0.3, 0.4) is 0 Å². The standard InChI is InChI=1S/C23H28N2O5/c1-29-19-4-2-3-15(10-19)5-6-21(27)30-14-20(26)24-22(28)25-23-11-16-7-17(12-23)9-18(8-16)13-23/h2-6,10,16-18H,7-9,11-14H2,1H3,(H2,24,25,26,28)/b6-5+. The summed E-state index contributed by atoms with van der Waals surface area (Å²) in [5, 5.41) is 5.36. The summed E-state index contributed by atoms with van der Waals surface area (Å²) in [6.07, 6.45) is 9.65. The van der Waals surface area contributed by atoms with E-state index in [1.165, 1.54) is 25.3 Å². The molecule has 4 bridgehead atoms. The van der Waals surface area contributed by atoms with Crippen LogP contribution in [0, 0.1) is 17.8 Å². The molecule has 5 rings (SSSR count). The van der Waals surface area contributed by atoms with E-state index >= 15 is 0 Å². The molecule has 1 aromatic rings. The van der Waals surface area contributed by atoms with Gasteiger partial charge in [-0.1, -0.05) is 12.1 Å². The summed E-state index contributed by atoms with van der Waals surface area (Å²) in [5.41, 5.74) is 0.598. The summed E-state index contributed by atoms with van der Waals surface area (Å²) >= 11 is 0. The molecule has 0 aliphatic heterocycles. The molecule has 7 heteroatoms. The van der Waals surface area contributed by atoms with Crippen LogP contribution in [0.5, 0.6) is 5.75 Å². The number of methoxy groups -OCH3 is 1. The van der Waals surface area contributed by atoms with E-state index < -0.39 is 24.5 Å². The zero-order valence-electron chi connectivity index (χ0n) is 17.2. The SMILES string of the molecule is COc1cccc(/C=C/C(=O)OCC(=O)NC(=O)NC23CC4CC(CC(C4)C2)C3)c1. The molecule has 1 aromatic carbocycles. The average Bonchev–Trinajstić information content (AvgIpc) is 2.69. The lowest BCUT2D eigenvalue weighted by atomic mass is 9.53. The second kappa shape index (κ2) is 8.50. The normalized spacial score (nSPS) is 28.9. The summed E-state index contributed by atoms with van der Waals surface area (Å²) in [6, 6.07) is 6.69. The summed E-state index contributed by atoms with van der Waals surface area (Å²) in [4.78, 5) is 36.2. The summed E-state index contributed by atoms with van der Waals surface area (Å²) in [6.45, 7) is -0.504. The number of benzene rings is 1. The molecule has 4 aliphatic carbocycles. The maximum absolute atomic E-state index is 12.3. The predicted molar refractivity (Wildman–Crippen MR) is 111 cm³/mol. The number of imide groups is 1. The van der Waals surface area contributed by atoms with Gasteiger partial charge >= 0.3 is 12.0 Å². The first-order valence-corrected chi connectivity index (χ1v) is 10.5. The quantitative estimate of drug-likeness (QED) is 0.553. The number of amides is 3. The molecule has 30 heavy (non-hydrogen) atoms. The minimum Gasteiger partial charge on any atom is -0.497 e. The van der Waals surface area contributed by atoms with Crippen molar-refractivity contribution in [2.45, 2.75) is 44.1 Å². The molecule has 0 atom stereocenters. The Labute approximate surface area is 176 Å². The van der Waals surface area contributed by atoms with Crippen LogP contribution in [0.4, 0.5) is 4.79 Å². The molecule has 0 unspecified atom stereocenters. The van der Waals surface area contributed by atoms with Crippen LogP contribution in [-0.2, 0) is 14.3 Å². The first kappa shape index (κ1) is 20.4. The van der Waals surface area contributed by atoms with Crippen LogP contribution < -0.4 is 15.4 Å². The second-order valence-corrected chi connectivity index (χ2v) is 8.92. The van der Waals surface area contributed by atoms with E-state index in [1.54, 1.807) is 31.4 Å². The lowest BCUT2D eigenvalue weighted by Gasteiger charge is -2.56. The topological polar surface area (TPSA) is 93.7 Å². The minimum absolute atomic E-state index is 0.171. The Morgan fingerprint density at radius 1 is 1.10 bits per heavy atom.